The SMILES string of the molecule is CCOc1ccc(-c2ccc(NC(=O)C3(c4cc(OC)ccc4F)CC3)cc2-c2nnn[nH]2)cn1. The minimum atomic E-state index is -0.926. The van der Waals surface area contributed by atoms with Crippen LogP contribution in [-0.4, -0.2) is 45.2 Å². The van der Waals surface area contributed by atoms with Crippen molar-refractivity contribution in [1.82, 2.24) is 25.6 Å². The molecule has 1 aliphatic carbocycles. The lowest BCUT2D eigenvalue weighted by molar-refractivity contribution is -0.118. The van der Waals surface area contributed by atoms with E-state index >= 15 is 0 Å². The molecule has 2 aromatic carbocycles. The number of aromatic amines is 1. The Morgan fingerprint density at radius 2 is 2.00 bits per heavy atom. The van der Waals surface area contributed by atoms with E-state index in [1.807, 2.05) is 19.1 Å². The zero-order chi connectivity index (χ0) is 24.4. The van der Waals surface area contributed by atoms with Crippen LogP contribution in [0.3, 0.4) is 0 Å². The lowest BCUT2D eigenvalue weighted by atomic mass is 9.93. The fourth-order valence-electron chi connectivity index (χ4n) is 4.11. The number of amides is 1. The molecule has 0 unspecified atom stereocenters. The fraction of sp³-hybridized carbons (Fsp3) is 0.240. The van der Waals surface area contributed by atoms with Crippen molar-refractivity contribution < 1.29 is 18.7 Å². The summed E-state index contributed by atoms with van der Waals surface area (Å²) in [4.78, 5) is 17.6. The van der Waals surface area contributed by atoms with Gasteiger partial charge in [-0.3, -0.25) is 4.79 Å². The van der Waals surface area contributed by atoms with Crippen molar-refractivity contribution in [1.29, 1.82) is 0 Å². The average molecular weight is 474 g/mol. The van der Waals surface area contributed by atoms with Crippen LogP contribution in [0.15, 0.2) is 54.7 Å². The lowest BCUT2D eigenvalue weighted by Gasteiger charge is -2.18. The quantitative estimate of drug-likeness (QED) is 0.394. The van der Waals surface area contributed by atoms with Gasteiger partial charge in [-0.25, -0.2) is 14.5 Å². The van der Waals surface area contributed by atoms with Crippen molar-refractivity contribution in [3.8, 4) is 34.1 Å². The Labute approximate surface area is 200 Å². The molecule has 1 aliphatic rings. The Morgan fingerprint density at radius 3 is 2.66 bits per heavy atom. The van der Waals surface area contributed by atoms with Crippen molar-refractivity contribution in [2.75, 3.05) is 19.0 Å². The molecule has 1 amide bonds. The second-order valence-electron chi connectivity index (χ2n) is 8.21. The summed E-state index contributed by atoms with van der Waals surface area (Å²) in [7, 11) is 1.51. The van der Waals surface area contributed by atoms with E-state index in [2.05, 4.69) is 30.9 Å². The molecule has 2 aromatic heterocycles. The number of aromatic nitrogens is 5. The molecule has 178 valence electrons. The van der Waals surface area contributed by atoms with E-state index in [0.717, 1.165) is 11.1 Å². The molecule has 1 fully saturated rings. The van der Waals surface area contributed by atoms with E-state index in [0.29, 0.717) is 53.7 Å². The van der Waals surface area contributed by atoms with Gasteiger partial charge >= 0.3 is 0 Å². The number of anilines is 1. The minimum Gasteiger partial charge on any atom is -0.497 e. The van der Waals surface area contributed by atoms with E-state index in [-0.39, 0.29) is 5.91 Å². The summed E-state index contributed by atoms with van der Waals surface area (Å²) in [6.45, 7) is 2.42. The normalized spacial score (nSPS) is 13.8. The van der Waals surface area contributed by atoms with Gasteiger partial charge in [-0.05, 0) is 72.2 Å². The number of carbonyl (C=O) groups excluding carboxylic acids is 1. The minimum absolute atomic E-state index is 0.276. The van der Waals surface area contributed by atoms with Gasteiger partial charge in [0.2, 0.25) is 11.8 Å². The highest BCUT2D eigenvalue weighted by molar-refractivity contribution is 6.02. The van der Waals surface area contributed by atoms with Crippen molar-refractivity contribution in [2.24, 2.45) is 0 Å². The molecular weight excluding hydrogens is 451 g/mol. The molecule has 4 aromatic rings. The van der Waals surface area contributed by atoms with E-state index < -0.39 is 11.2 Å². The monoisotopic (exact) mass is 474 g/mol. The molecule has 1 saturated carbocycles. The maximum absolute atomic E-state index is 14.6. The van der Waals surface area contributed by atoms with Gasteiger partial charge < -0.3 is 14.8 Å². The van der Waals surface area contributed by atoms with E-state index in [4.69, 9.17) is 9.47 Å². The highest BCUT2D eigenvalue weighted by Crippen LogP contribution is 2.50. The van der Waals surface area contributed by atoms with Crippen LogP contribution in [0.5, 0.6) is 11.6 Å². The highest BCUT2D eigenvalue weighted by Gasteiger charge is 2.53. The molecule has 10 heteroatoms. The maximum Gasteiger partial charge on any atom is 0.235 e. The lowest BCUT2D eigenvalue weighted by Crippen LogP contribution is -2.28. The van der Waals surface area contributed by atoms with Crippen LogP contribution in [0.25, 0.3) is 22.5 Å². The van der Waals surface area contributed by atoms with E-state index in [9.17, 15) is 9.18 Å². The molecule has 0 saturated heterocycles. The van der Waals surface area contributed by atoms with Crippen LogP contribution in [0.2, 0.25) is 0 Å². The first-order valence-electron chi connectivity index (χ1n) is 11.2. The second-order valence-corrected chi connectivity index (χ2v) is 8.21. The summed E-state index contributed by atoms with van der Waals surface area (Å²) in [5, 5.41) is 17.1. The molecular formula is C25H23FN6O3. The van der Waals surface area contributed by atoms with Gasteiger partial charge in [0.25, 0.3) is 0 Å². The van der Waals surface area contributed by atoms with Crippen LogP contribution in [0, 0.1) is 5.82 Å². The Balaban J connectivity index is 1.46. The van der Waals surface area contributed by atoms with Crippen LogP contribution < -0.4 is 14.8 Å². The third-order valence-electron chi connectivity index (χ3n) is 6.09. The Hall–Kier alpha value is -4.34. The number of tetrazole rings is 1. The molecule has 2 N–H and O–H groups in total. The Kier molecular flexibility index (Phi) is 5.86. The topological polar surface area (TPSA) is 115 Å². The third-order valence-corrected chi connectivity index (χ3v) is 6.09. The molecule has 0 bridgehead atoms. The second kappa shape index (κ2) is 9.13. The summed E-state index contributed by atoms with van der Waals surface area (Å²) in [6.07, 6.45) is 2.81. The van der Waals surface area contributed by atoms with Crippen molar-refractivity contribution in [2.45, 2.75) is 25.2 Å². The van der Waals surface area contributed by atoms with Gasteiger partial charge in [-0.15, -0.1) is 5.10 Å². The predicted molar refractivity (Wildman–Crippen MR) is 127 cm³/mol. The Morgan fingerprint density at radius 1 is 1.14 bits per heavy atom. The number of hydrogen-bond acceptors (Lipinski definition) is 7. The number of nitrogens with one attached hydrogen (secondary N) is 2. The maximum atomic E-state index is 14.6. The van der Waals surface area contributed by atoms with Crippen molar-refractivity contribution >= 4 is 11.6 Å². The van der Waals surface area contributed by atoms with Crippen molar-refractivity contribution in [3.63, 3.8) is 0 Å². The van der Waals surface area contributed by atoms with Crippen molar-refractivity contribution in [3.05, 3.63) is 66.1 Å². The first kappa shape index (κ1) is 22.5. The molecule has 0 aliphatic heterocycles. The standard InChI is InChI=1S/C25H23FN6O3/c1-3-35-22-9-4-15(14-27-22)18-7-5-16(12-19(18)23-29-31-32-30-23)28-24(33)25(10-11-25)20-13-17(34-2)6-8-21(20)26/h4-9,12-14H,3,10-11H2,1-2H3,(H,28,33)(H,29,30,31,32). The number of H-pyrrole nitrogens is 1. The first-order chi connectivity index (χ1) is 17.0. The largest absolute Gasteiger partial charge is 0.497 e. The van der Waals surface area contributed by atoms with Gasteiger partial charge in [0.05, 0.1) is 19.1 Å². The van der Waals surface area contributed by atoms with E-state index in [1.54, 1.807) is 36.5 Å². The fourth-order valence-corrected chi connectivity index (χ4v) is 4.11. The number of nitrogens with zero attached hydrogens (tertiary/aromatic N) is 4. The number of methoxy groups -OCH3 is 1. The molecule has 0 radical (unpaired) electrons. The molecule has 0 atom stereocenters. The van der Waals surface area contributed by atoms with Crippen LogP contribution in [-0.2, 0) is 10.2 Å². The zero-order valence-corrected chi connectivity index (χ0v) is 19.2. The number of carbonyl (C=O) groups is 1. The number of halogens is 1. The van der Waals surface area contributed by atoms with Gasteiger partial charge in [-0.2, -0.15) is 0 Å². The summed E-state index contributed by atoms with van der Waals surface area (Å²) in [6, 6.07) is 13.6. The number of rotatable bonds is 8. The van der Waals surface area contributed by atoms with Gasteiger partial charge in [0.15, 0.2) is 5.82 Å². The molecule has 35 heavy (non-hydrogen) atoms. The zero-order valence-electron chi connectivity index (χ0n) is 19.2. The molecule has 0 spiro atoms. The number of benzene rings is 2. The van der Waals surface area contributed by atoms with Crippen LogP contribution >= 0.6 is 0 Å². The first-order valence-corrected chi connectivity index (χ1v) is 11.2. The molecule has 2 heterocycles. The molecule has 5 rings (SSSR count). The summed E-state index contributed by atoms with van der Waals surface area (Å²) < 4.78 is 25.3. The number of ether oxygens (including phenoxy) is 2. The van der Waals surface area contributed by atoms with Gasteiger partial charge in [0, 0.05) is 34.6 Å². The Bertz CT molecular complexity index is 1350. The summed E-state index contributed by atoms with van der Waals surface area (Å²) in [5.74, 6) is 0.772. The number of pyridine rings is 1. The molecule has 9 nitrogen and oxygen atoms in total. The summed E-state index contributed by atoms with van der Waals surface area (Å²) >= 11 is 0. The highest BCUT2D eigenvalue weighted by atomic mass is 19.1. The third kappa shape index (κ3) is 4.30. The summed E-state index contributed by atoms with van der Waals surface area (Å²) in [5.41, 5.74) is 2.28. The smallest absolute Gasteiger partial charge is 0.235 e. The number of hydrogen-bond donors (Lipinski definition) is 2. The van der Waals surface area contributed by atoms with Gasteiger partial charge in [-0.1, -0.05) is 6.07 Å². The average Bonchev–Trinajstić information content (AvgIpc) is 3.50. The van der Waals surface area contributed by atoms with Crippen LogP contribution in [0.1, 0.15) is 25.3 Å². The predicted octanol–water partition coefficient (Wildman–Crippen LogP) is 4.15. The van der Waals surface area contributed by atoms with Crippen LogP contribution in [0.4, 0.5) is 10.1 Å². The van der Waals surface area contributed by atoms with E-state index in [1.165, 1.54) is 13.2 Å². The van der Waals surface area contributed by atoms with Gasteiger partial charge in [0.1, 0.15) is 11.6 Å².